The maximum absolute atomic E-state index is 12.8. The molecule has 0 aliphatic rings. The number of amides is 7. The molecular weight excluding hydrogens is 520 g/mol. The van der Waals surface area contributed by atoms with E-state index in [2.05, 4.69) is 37.1 Å². The van der Waals surface area contributed by atoms with E-state index in [4.69, 9.17) is 5.73 Å². The summed E-state index contributed by atoms with van der Waals surface area (Å²) in [6.07, 6.45) is 2.29. The molecule has 0 spiro atoms. The van der Waals surface area contributed by atoms with E-state index in [0.29, 0.717) is 12.1 Å². The summed E-state index contributed by atoms with van der Waals surface area (Å²) in [5.41, 5.74) is 8.10. The average molecular weight is 561 g/mol. The molecule has 0 fully saturated rings. The summed E-state index contributed by atoms with van der Waals surface area (Å²) < 4.78 is 0. The highest BCUT2D eigenvalue weighted by molar-refractivity contribution is 5.95. The highest BCUT2D eigenvalue weighted by Crippen LogP contribution is 2.09. The number of para-hydroxylation sites is 1. The van der Waals surface area contributed by atoms with E-state index in [1.165, 1.54) is 27.0 Å². The molecule has 40 heavy (non-hydrogen) atoms. The second-order valence-electron chi connectivity index (χ2n) is 9.31. The van der Waals surface area contributed by atoms with E-state index in [-0.39, 0.29) is 18.8 Å². The van der Waals surface area contributed by atoms with E-state index in [0.717, 1.165) is 0 Å². The Morgan fingerprint density at radius 3 is 2.08 bits per heavy atom. The number of hydrazone groups is 1. The Bertz CT molecular complexity index is 1060. The lowest BCUT2D eigenvalue weighted by Gasteiger charge is -2.27. The zero-order valence-corrected chi connectivity index (χ0v) is 23.4. The first-order chi connectivity index (χ1) is 18.8. The molecule has 14 nitrogen and oxygen atoms in total. The van der Waals surface area contributed by atoms with Crippen molar-refractivity contribution in [3.8, 4) is 0 Å². The topological polar surface area (TPSA) is 213 Å². The molecule has 8 N–H and O–H groups in total. The second-order valence-corrected chi connectivity index (χ2v) is 9.31. The van der Waals surface area contributed by atoms with Gasteiger partial charge in [0.25, 0.3) is 0 Å². The molecule has 0 saturated heterocycles. The van der Waals surface area contributed by atoms with Crippen LogP contribution in [0.2, 0.25) is 0 Å². The normalized spacial score (nSPS) is 14.5. The molecule has 1 aromatic carbocycles. The molecule has 14 heteroatoms. The molecular formula is C26H40N8O6. The van der Waals surface area contributed by atoms with E-state index in [9.17, 15) is 28.8 Å². The van der Waals surface area contributed by atoms with Crippen molar-refractivity contribution in [1.82, 2.24) is 26.7 Å². The van der Waals surface area contributed by atoms with Gasteiger partial charge in [-0.15, -0.1) is 0 Å². The fourth-order valence-electron chi connectivity index (χ4n) is 3.34. The van der Waals surface area contributed by atoms with E-state index >= 15 is 0 Å². The molecule has 0 saturated carbocycles. The van der Waals surface area contributed by atoms with Gasteiger partial charge in [0.1, 0.15) is 24.2 Å². The highest BCUT2D eigenvalue weighted by atomic mass is 16.2. The second kappa shape index (κ2) is 17.2. The molecule has 0 radical (unpaired) electrons. The lowest BCUT2D eigenvalue weighted by Crippen LogP contribution is -2.58. The van der Waals surface area contributed by atoms with Crippen LogP contribution in [-0.2, 0) is 24.0 Å². The number of benzene rings is 1. The van der Waals surface area contributed by atoms with Crippen molar-refractivity contribution >= 4 is 47.5 Å². The minimum Gasteiger partial charge on any atom is -0.368 e. The molecule has 7 amide bonds. The third-order valence-electron chi connectivity index (χ3n) is 5.90. The van der Waals surface area contributed by atoms with Crippen LogP contribution in [0.25, 0.3) is 0 Å². The van der Waals surface area contributed by atoms with Crippen LogP contribution in [0.5, 0.6) is 0 Å². The number of hydrogen-bond acceptors (Lipinski definition) is 7. The standard InChI is InChI=1S/C26H40N8O6/c1-6-15(2)21(25(39)29-16(3)22(27)36)33-23(37)17(4)30-24(38)20(31-18(5)35)13-10-14-28-34-26(40)32-19-11-8-7-9-12-19/h7-9,11-12,14-17,20-21H,6,10,13H2,1-5H3,(H2,27,36)(H,29,39)(H,30,38)(H,31,35)(H,33,37)(H2,32,34,40)/b28-14-/t15?,16-,17-,20-,21-/m0/s1. The first kappa shape index (κ1) is 33.5. The zero-order chi connectivity index (χ0) is 30.2. The summed E-state index contributed by atoms with van der Waals surface area (Å²) >= 11 is 0. The van der Waals surface area contributed by atoms with Crippen LogP contribution >= 0.6 is 0 Å². The molecule has 220 valence electrons. The fraction of sp³-hybridized carbons (Fsp3) is 0.500. The first-order valence-electron chi connectivity index (χ1n) is 13.0. The summed E-state index contributed by atoms with van der Waals surface area (Å²) in [6.45, 7) is 7.72. The van der Waals surface area contributed by atoms with Gasteiger partial charge in [-0.3, -0.25) is 24.0 Å². The molecule has 0 aliphatic heterocycles. The number of urea groups is 1. The van der Waals surface area contributed by atoms with Gasteiger partial charge in [-0.05, 0) is 44.7 Å². The van der Waals surface area contributed by atoms with Crippen molar-refractivity contribution in [3.63, 3.8) is 0 Å². The van der Waals surface area contributed by atoms with Gasteiger partial charge in [0.2, 0.25) is 29.5 Å². The van der Waals surface area contributed by atoms with E-state index in [1.54, 1.807) is 31.2 Å². The highest BCUT2D eigenvalue weighted by Gasteiger charge is 2.30. The van der Waals surface area contributed by atoms with Gasteiger partial charge < -0.3 is 32.3 Å². The molecule has 0 aromatic heterocycles. The van der Waals surface area contributed by atoms with Crippen molar-refractivity contribution in [3.05, 3.63) is 30.3 Å². The summed E-state index contributed by atoms with van der Waals surface area (Å²) in [5.74, 6) is -3.27. The quantitative estimate of drug-likeness (QED) is 0.117. The van der Waals surface area contributed by atoms with Crippen LogP contribution in [0.4, 0.5) is 10.5 Å². The SMILES string of the molecule is CCC(C)[C@H](NC(=O)[C@H](C)NC(=O)[C@H](CC/C=N\NC(=O)Nc1ccccc1)NC(C)=O)C(=O)N[C@@H](C)C(N)=O. The van der Waals surface area contributed by atoms with Gasteiger partial charge in [-0.25, -0.2) is 10.2 Å². The van der Waals surface area contributed by atoms with Crippen molar-refractivity contribution in [2.45, 2.75) is 78.0 Å². The number of anilines is 1. The minimum absolute atomic E-state index is 0.133. The average Bonchev–Trinajstić information content (AvgIpc) is 2.90. The van der Waals surface area contributed by atoms with Gasteiger partial charge in [-0.2, -0.15) is 5.10 Å². The number of hydrogen-bond donors (Lipinski definition) is 7. The van der Waals surface area contributed by atoms with Crippen molar-refractivity contribution in [2.75, 3.05) is 5.32 Å². The number of nitrogens with two attached hydrogens (primary N) is 1. The Hall–Kier alpha value is -4.49. The Balaban J connectivity index is 2.69. The van der Waals surface area contributed by atoms with Crippen molar-refractivity contribution in [2.24, 2.45) is 16.8 Å². The van der Waals surface area contributed by atoms with Gasteiger partial charge in [0.15, 0.2) is 0 Å². The summed E-state index contributed by atoms with van der Waals surface area (Å²) in [7, 11) is 0. The number of rotatable bonds is 15. The zero-order valence-electron chi connectivity index (χ0n) is 23.4. The number of carbonyl (C=O) groups excluding carboxylic acids is 6. The maximum Gasteiger partial charge on any atom is 0.339 e. The fourth-order valence-corrected chi connectivity index (χ4v) is 3.34. The molecule has 0 heterocycles. The third kappa shape index (κ3) is 12.4. The first-order valence-corrected chi connectivity index (χ1v) is 13.0. The van der Waals surface area contributed by atoms with Crippen LogP contribution in [0.3, 0.4) is 0 Å². The molecule has 0 aliphatic carbocycles. The third-order valence-corrected chi connectivity index (χ3v) is 5.90. The summed E-state index contributed by atoms with van der Waals surface area (Å²) in [6, 6.07) is 4.30. The minimum atomic E-state index is -1.05. The Morgan fingerprint density at radius 1 is 0.875 bits per heavy atom. The summed E-state index contributed by atoms with van der Waals surface area (Å²) in [5, 5.41) is 16.5. The predicted molar refractivity (Wildman–Crippen MR) is 150 cm³/mol. The van der Waals surface area contributed by atoms with Crippen LogP contribution in [0.15, 0.2) is 35.4 Å². The van der Waals surface area contributed by atoms with Gasteiger partial charge in [-0.1, -0.05) is 38.5 Å². The lowest BCUT2D eigenvalue weighted by atomic mass is 9.97. The van der Waals surface area contributed by atoms with E-state index < -0.39 is 59.7 Å². The lowest BCUT2D eigenvalue weighted by molar-refractivity contribution is -0.134. The molecule has 1 unspecified atom stereocenters. The van der Waals surface area contributed by atoms with Crippen LogP contribution in [-0.4, -0.2) is 65.9 Å². The Kier molecular flexibility index (Phi) is 14.4. The van der Waals surface area contributed by atoms with Gasteiger partial charge in [0, 0.05) is 18.8 Å². The predicted octanol–water partition coefficient (Wildman–Crippen LogP) is 0.104. The molecule has 1 aromatic rings. The summed E-state index contributed by atoms with van der Waals surface area (Å²) in [4.78, 5) is 73.1. The van der Waals surface area contributed by atoms with Crippen molar-refractivity contribution < 1.29 is 28.8 Å². The largest absolute Gasteiger partial charge is 0.368 e. The van der Waals surface area contributed by atoms with E-state index in [1.807, 2.05) is 13.0 Å². The molecule has 0 bridgehead atoms. The van der Waals surface area contributed by atoms with Crippen LogP contribution in [0, 0.1) is 5.92 Å². The van der Waals surface area contributed by atoms with Crippen LogP contribution in [0.1, 0.15) is 53.9 Å². The van der Waals surface area contributed by atoms with Crippen molar-refractivity contribution in [1.29, 1.82) is 0 Å². The monoisotopic (exact) mass is 560 g/mol. The number of nitrogens with one attached hydrogen (secondary N) is 6. The van der Waals surface area contributed by atoms with Gasteiger partial charge >= 0.3 is 6.03 Å². The number of nitrogens with zero attached hydrogens (tertiary/aromatic N) is 1. The van der Waals surface area contributed by atoms with Crippen LogP contribution < -0.4 is 37.7 Å². The Morgan fingerprint density at radius 2 is 1.50 bits per heavy atom. The number of primary amides is 1. The van der Waals surface area contributed by atoms with Gasteiger partial charge in [0.05, 0.1) is 0 Å². The smallest absolute Gasteiger partial charge is 0.339 e. The maximum atomic E-state index is 12.8. The Labute approximate surface area is 233 Å². The molecule has 5 atom stereocenters. The number of carbonyl (C=O) groups is 6. The molecule has 1 rings (SSSR count).